The van der Waals surface area contributed by atoms with E-state index in [1.165, 1.54) is 33.6 Å². The minimum atomic E-state index is 0.337. The molecule has 0 radical (unpaired) electrons. The Labute approximate surface area is 135 Å². The lowest BCUT2D eigenvalue weighted by molar-refractivity contribution is 0.167. The molecule has 1 aromatic rings. The Morgan fingerprint density at radius 2 is 2.35 bits per heavy atom. The summed E-state index contributed by atoms with van der Waals surface area (Å²) in [6, 6.07) is 3.27. The second kappa shape index (κ2) is 7.36. The summed E-state index contributed by atoms with van der Waals surface area (Å²) in [6.45, 7) is 8.63. The van der Waals surface area contributed by atoms with Crippen molar-refractivity contribution in [2.45, 2.75) is 38.8 Å². The summed E-state index contributed by atoms with van der Waals surface area (Å²) in [5.41, 5.74) is 6.04. The second-order valence-electron chi connectivity index (χ2n) is 5.67. The fourth-order valence-corrected chi connectivity index (χ4v) is 4.88. The molecule has 20 heavy (non-hydrogen) atoms. The number of halogens is 1. The zero-order chi connectivity index (χ0) is 14.7. The van der Waals surface area contributed by atoms with Crippen LogP contribution >= 0.6 is 27.3 Å². The lowest BCUT2D eigenvalue weighted by Gasteiger charge is -2.32. The van der Waals surface area contributed by atoms with Crippen LogP contribution in [0.15, 0.2) is 10.5 Å². The largest absolute Gasteiger partial charge is 0.329 e. The molecule has 2 unspecified atom stereocenters. The molecule has 0 saturated carbocycles. The first-order chi connectivity index (χ1) is 9.56. The Hall–Kier alpha value is 0.0600. The van der Waals surface area contributed by atoms with Gasteiger partial charge in [0.05, 0.1) is 6.04 Å². The minimum absolute atomic E-state index is 0.337. The van der Waals surface area contributed by atoms with Gasteiger partial charge in [-0.2, -0.15) is 0 Å². The number of nitrogens with two attached hydrogens (primary N) is 1. The summed E-state index contributed by atoms with van der Waals surface area (Å²) in [6.07, 6.45) is 2.66. The Bertz CT molecular complexity index is 415. The van der Waals surface area contributed by atoms with Gasteiger partial charge in [-0.15, -0.1) is 11.3 Å². The average molecular weight is 360 g/mol. The van der Waals surface area contributed by atoms with Gasteiger partial charge in [0.25, 0.3) is 0 Å². The molecule has 5 heteroatoms. The molecule has 0 spiro atoms. The maximum absolute atomic E-state index is 6.04. The fourth-order valence-electron chi connectivity index (χ4n) is 3.14. The maximum atomic E-state index is 6.04. The summed E-state index contributed by atoms with van der Waals surface area (Å²) in [7, 11) is 2.21. The van der Waals surface area contributed by atoms with Gasteiger partial charge in [0, 0.05) is 33.4 Å². The van der Waals surface area contributed by atoms with Crippen LogP contribution in [-0.4, -0.2) is 49.1 Å². The van der Waals surface area contributed by atoms with Crippen molar-refractivity contribution in [1.82, 2.24) is 9.80 Å². The molecule has 0 aliphatic carbocycles. The number of aryl methyl sites for hydroxylation is 1. The van der Waals surface area contributed by atoms with Crippen molar-refractivity contribution in [3.63, 3.8) is 0 Å². The van der Waals surface area contributed by atoms with Crippen LogP contribution in [0.3, 0.4) is 0 Å². The van der Waals surface area contributed by atoms with Crippen LogP contribution in [0.25, 0.3) is 0 Å². The van der Waals surface area contributed by atoms with Crippen LogP contribution in [0.5, 0.6) is 0 Å². The van der Waals surface area contributed by atoms with Gasteiger partial charge in [-0.05, 0) is 61.9 Å². The van der Waals surface area contributed by atoms with E-state index in [1.54, 1.807) is 0 Å². The number of rotatable bonds is 6. The summed E-state index contributed by atoms with van der Waals surface area (Å²) in [4.78, 5) is 7.75. The molecule has 3 nitrogen and oxygen atoms in total. The number of thiophene rings is 1. The van der Waals surface area contributed by atoms with E-state index in [0.717, 1.165) is 13.1 Å². The third-order valence-corrected chi connectivity index (χ3v) is 6.60. The van der Waals surface area contributed by atoms with Crippen LogP contribution in [0.2, 0.25) is 0 Å². The molecular formula is C15H26BrN3S. The van der Waals surface area contributed by atoms with Crippen LogP contribution in [0.4, 0.5) is 0 Å². The predicted molar refractivity (Wildman–Crippen MR) is 91.5 cm³/mol. The average Bonchev–Trinajstić information content (AvgIpc) is 2.98. The van der Waals surface area contributed by atoms with Crippen LogP contribution < -0.4 is 5.73 Å². The van der Waals surface area contributed by atoms with Crippen LogP contribution in [0, 0.1) is 6.92 Å². The Morgan fingerprint density at radius 3 is 2.90 bits per heavy atom. The first-order valence-electron chi connectivity index (χ1n) is 7.47. The highest BCUT2D eigenvalue weighted by Gasteiger charge is 2.27. The van der Waals surface area contributed by atoms with E-state index in [4.69, 9.17) is 5.73 Å². The number of hydrogen-bond donors (Lipinski definition) is 1. The van der Waals surface area contributed by atoms with Gasteiger partial charge in [-0.1, -0.05) is 6.92 Å². The first-order valence-corrected chi connectivity index (χ1v) is 9.08. The SMILES string of the molecule is CCN1CCCC1CN(C)C(CN)c1cc(Br)c(C)s1. The molecule has 2 N–H and O–H groups in total. The molecule has 2 heterocycles. The third kappa shape index (κ3) is 3.63. The van der Waals surface area contributed by atoms with Crippen molar-refractivity contribution in [2.75, 3.05) is 33.2 Å². The lowest BCUT2D eigenvalue weighted by atomic mass is 10.1. The number of likely N-dealkylation sites (N-methyl/N-ethyl adjacent to an activating group) is 2. The molecule has 1 saturated heterocycles. The van der Waals surface area contributed by atoms with Gasteiger partial charge in [0.1, 0.15) is 0 Å². The smallest absolute Gasteiger partial charge is 0.0562 e. The van der Waals surface area contributed by atoms with E-state index in [1.807, 2.05) is 11.3 Å². The fraction of sp³-hybridized carbons (Fsp3) is 0.733. The van der Waals surface area contributed by atoms with Gasteiger partial charge in [-0.25, -0.2) is 0 Å². The van der Waals surface area contributed by atoms with Gasteiger partial charge in [-0.3, -0.25) is 9.80 Å². The van der Waals surface area contributed by atoms with Crippen LogP contribution in [0.1, 0.15) is 35.6 Å². The van der Waals surface area contributed by atoms with E-state index in [9.17, 15) is 0 Å². The Balaban J connectivity index is 2.03. The van der Waals surface area contributed by atoms with Gasteiger partial charge in [0.2, 0.25) is 0 Å². The molecule has 0 amide bonds. The van der Waals surface area contributed by atoms with Crippen molar-refractivity contribution in [2.24, 2.45) is 5.73 Å². The molecular weight excluding hydrogens is 334 g/mol. The van der Waals surface area contributed by atoms with Crippen LogP contribution in [-0.2, 0) is 0 Å². The Morgan fingerprint density at radius 1 is 1.60 bits per heavy atom. The maximum Gasteiger partial charge on any atom is 0.0562 e. The summed E-state index contributed by atoms with van der Waals surface area (Å²) in [5.74, 6) is 0. The summed E-state index contributed by atoms with van der Waals surface area (Å²) >= 11 is 5.47. The van der Waals surface area contributed by atoms with Gasteiger partial charge < -0.3 is 5.73 Å². The molecule has 1 aliphatic rings. The van der Waals surface area contributed by atoms with E-state index in [-0.39, 0.29) is 0 Å². The third-order valence-electron chi connectivity index (χ3n) is 4.36. The summed E-state index contributed by atoms with van der Waals surface area (Å²) < 4.78 is 1.21. The highest BCUT2D eigenvalue weighted by molar-refractivity contribution is 9.10. The normalized spacial score (nSPS) is 21.8. The zero-order valence-corrected chi connectivity index (χ0v) is 15.1. The zero-order valence-electron chi connectivity index (χ0n) is 12.7. The number of nitrogens with zero attached hydrogens (tertiary/aromatic N) is 2. The monoisotopic (exact) mass is 359 g/mol. The number of hydrogen-bond acceptors (Lipinski definition) is 4. The molecule has 2 atom stereocenters. The summed E-state index contributed by atoms with van der Waals surface area (Å²) in [5, 5.41) is 0. The number of likely N-dealkylation sites (tertiary alicyclic amines) is 1. The highest BCUT2D eigenvalue weighted by atomic mass is 79.9. The van der Waals surface area contributed by atoms with Crippen molar-refractivity contribution >= 4 is 27.3 Å². The molecule has 114 valence electrons. The first kappa shape index (κ1) is 16.4. The minimum Gasteiger partial charge on any atom is -0.329 e. The highest BCUT2D eigenvalue weighted by Crippen LogP contribution is 2.33. The topological polar surface area (TPSA) is 32.5 Å². The van der Waals surface area contributed by atoms with Gasteiger partial charge in [0.15, 0.2) is 0 Å². The van der Waals surface area contributed by atoms with Crippen molar-refractivity contribution < 1.29 is 0 Å². The molecule has 1 fully saturated rings. The van der Waals surface area contributed by atoms with E-state index < -0.39 is 0 Å². The Kier molecular flexibility index (Phi) is 6.05. The van der Waals surface area contributed by atoms with E-state index in [0.29, 0.717) is 18.6 Å². The standard InChI is InChI=1S/C15H26BrN3S/c1-4-19-7-5-6-12(19)10-18(3)14(9-17)15-8-13(16)11(2)20-15/h8,12,14H,4-7,9-10,17H2,1-3H3. The molecule has 0 aromatic carbocycles. The molecule has 1 aliphatic heterocycles. The predicted octanol–water partition coefficient (Wildman–Crippen LogP) is 3.23. The van der Waals surface area contributed by atoms with E-state index >= 15 is 0 Å². The second-order valence-corrected chi connectivity index (χ2v) is 7.81. The molecule has 0 bridgehead atoms. The van der Waals surface area contributed by atoms with Crippen molar-refractivity contribution in [3.8, 4) is 0 Å². The van der Waals surface area contributed by atoms with Crippen molar-refractivity contribution in [1.29, 1.82) is 0 Å². The quantitative estimate of drug-likeness (QED) is 0.845. The lowest BCUT2D eigenvalue weighted by Crippen LogP contribution is -2.41. The molecule has 1 aromatic heterocycles. The van der Waals surface area contributed by atoms with Gasteiger partial charge >= 0.3 is 0 Å². The molecule has 2 rings (SSSR count). The van der Waals surface area contributed by atoms with E-state index in [2.05, 4.69) is 52.7 Å². The van der Waals surface area contributed by atoms with Crippen molar-refractivity contribution in [3.05, 3.63) is 20.3 Å².